The highest BCUT2D eigenvalue weighted by molar-refractivity contribution is 7.98. The van der Waals surface area contributed by atoms with E-state index in [2.05, 4.69) is 0 Å². The average molecular weight is 215 g/mol. The number of carboxylic acid groups (broad SMARTS) is 1. The number of carboxylic acids is 1. The van der Waals surface area contributed by atoms with Gasteiger partial charge >= 0.3 is 5.97 Å². The number of nitrogens with two attached hydrogens (primary N) is 1. The van der Waals surface area contributed by atoms with Crippen molar-refractivity contribution >= 4 is 17.7 Å². The maximum absolute atomic E-state index is 10.4. The van der Waals surface area contributed by atoms with Crippen molar-refractivity contribution in [2.45, 2.75) is 18.7 Å². The first-order valence-corrected chi connectivity index (χ1v) is 5.36. The first-order chi connectivity index (χ1) is 6.59. The third kappa shape index (κ3) is 3.43. The molecule has 0 aliphatic rings. The smallest absolute Gasteiger partial charge is 0.321 e. The number of thioether (sulfide) groups is 1. The number of carbonyl (C=O) groups is 1. The predicted molar refractivity (Wildman–Crippen MR) is 55.2 cm³/mol. The molecule has 0 unspecified atom stereocenters. The molecule has 1 atom stereocenters. The molecular formula is C9H13NO3S. The SMILES string of the molecule is Cc1ccc(CSC[C@@H](N)C(=O)O)o1. The van der Waals surface area contributed by atoms with Gasteiger partial charge in [-0.05, 0) is 19.1 Å². The number of aliphatic carboxylic acids is 1. The highest BCUT2D eigenvalue weighted by atomic mass is 32.2. The monoisotopic (exact) mass is 215 g/mol. The molecule has 5 heteroatoms. The topological polar surface area (TPSA) is 76.5 Å². The van der Waals surface area contributed by atoms with Gasteiger partial charge in [0, 0.05) is 5.75 Å². The quantitative estimate of drug-likeness (QED) is 0.772. The summed E-state index contributed by atoms with van der Waals surface area (Å²) in [6.45, 7) is 1.87. The van der Waals surface area contributed by atoms with Crippen molar-refractivity contribution in [2.24, 2.45) is 5.73 Å². The van der Waals surface area contributed by atoms with E-state index < -0.39 is 12.0 Å². The van der Waals surface area contributed by atoms with Crippen LogP contribution >= 0.6 is 11.8 Å². The molecule has 0 amide bonds. The summed E-state index contributed by atoms with van der Waals surface area (Å²) in [4.78, 5) is 10.4. The summed E-state index contributed by atoms with van der Waals surface area (Å²) in [5, 5.41) is 8.52. The van der Waals surface area contributed by atoms with Crippen molar-refractivity contribution in [3.8, 4) is 0 Å². The first kappa shape index (κ1) is 11.1. The van der Waals surface area contributed by atoms with E-state index in [1.807, 2.05) is 19.1 Å². The van der Waals surface area contributed by atoms with Crippen LogP contribution in [-0.2, 0) is 10.5 Å². The zero-order valence-electron chi connectivity index (χ0n) is 7.90. The lowest BCUT2D eigenvalue weighted by molar-refractivity contribution is -0.137. The van der Waals surface area contributed by atoms with Gasteiger partial charge in [-0.25, -0.2) is 0 Å². The molecule has 1 rings (SSSR count). The van der Waals surface area contributed by atoms with Crippen molar-refractivity contribution in [1.82, 2.24) is 0 Å². The maximum Gasteiger partial charge on any atom is 0.321 e. The molecule has 0 bridgehead atoms. The van der Waals surface area contributed by atoms with Gasteiger partial charge in [0.25, 0.3) is 0 Å². The van der Waals surface area contributed by atoms with E-state index in [1.165, 1.54) is 11.8 Å². The van der Waals surface area contributed by atoms with Crippen LogP contribution < -0.4 is 5.73 Å². The summed E-state index contributed by atoms with van der Waals surface area (Å²) < 4.78 is 5.32. The fourth-order valence-electron chi connectivity index (χ4n) is 0.920. The van der Waals surface area contributed by atoms with Crippen LogP contribution in [0.15, 0.2) is 16.5 Å². The molecular weight excluding hydrogens is 202 g/mol. The van der Waals surface area contributed by atoms with Crippen LogP contribution in [0.1, 0.15) is 11.5 Å². The fourth-order valence-corrected chi connectivity index (χ4v) is 1.79. The molecule has 1 aromatic heterocycles. The van der Waals surface area contributed by atoms with Crippen molar-refractivity contribution in [3.63, 3.8) is 0 Å². The van der Waals surface area contributed by atoms with Gasteiger partial charge in [-0.3, -0.25) is 4.79 Å². The van der Waals surface area contributed by atoms with Gasteiger partial charge in [0.15, 0.2) is 0 Å². The number of hydrogen-bond donors (Lipinski definition) is 2. The highest BCUT2D eigenvalue weighted by Crippen LogP contribution is 2.15. The van der Waals surface area contributed by atoms with E-state index in [4.69, 9.17) is 15.3 Å². The molecule has 14 heavy (non-hydrogen) atoms. The number of hydrogen-bond acceptors (Lipinski definition) is 4. The third-order valence-corrected chi connectivity index (χ3v) is 2.74. The van der Waals surface area contributed by atoms with E-state index in [-0.39, 0.29) is 0 Å². The van der Waals surface area contributed by atoms with Crippen LogP contribution in [0, 0.1) is 6.92 Å². The van der Waals surface area contributed by atoms with Crippen LogP contribution in [0.25, 0.3) is 0 Å². The normalized spacial score (nSPS) is 12.7. The van der Waals surface area contributed by atoms with Crippen molar-refractivity contribution in [2.75, 3.05) is 5.75 Å². The molecule has 3 N–H and O–H groups in total. The van der Waals surface area contributed by atoms with Gasteiger partial charge < -0.3 is 15.3 Å². The lowest BCUT2D eigenvalue weighted by atomic mass is 10.4. The van der Waals surface area contributed by atoms with E-state index in [1.54, 1.807) is 0 Å². The van der Waals surface area contributed by atoms with Crippen LogP contribution in [0.5, 0.6) is 0 Å². The Morgan fingerprint density at radius 2 is 2.43 bits per heavy atom. The average Bonchev–Trinajstić information content (AvgIpc) is 2.51. The van der Waals surface area contributed by atoms with Crippen molar-refractivity contribution < 1.29 is 14.3 Å². The molecule has 0 radical (unpaired) electrons. The molecule has 0 fully saturated rings. The summed E-state index contributed by atoms with van der Waals surface area (Å²) in [6, 6.07) is 2.97. The Morgan fingerprint density at radius 3 is 2.93 bits per heavy atom. The molecule has 4 nitrogen and oxygen atoms in total. The first-order valence-electron chi connectivity index (χ1n) is 4.21. The Morgan fingerprint density at radius 1 is 1.71 bits per heavy atom. The summed E-state index contributed by atoms with van der Waals surface area (Å²) in [7, 11) is 0. The minimum Gasteiger partial charge on any atom is -0.480 e. The fraction of sp³-hybridized carbons (Fsp3) is 0.444. The molecule has 0 spiro atoms. The molecule has 1 aromatic rings. The van der Waals surface area contributed by atoms with E-state index in [9.17, 15) is 4.79 Å². The minimum absolute atomic E-state index is 0.398. The van der Waals surface area contributed by atoms with Crippen LogP contribution in [0.2, 0.25) is 0 Å². The summed E-state index contributed by atoms with van der Waals surface area (Å²) in [5.74, 6) is 1.81. The molecule has 78 valence electrons. The molecule has 0 aliphatic heterocycles. The maximum atomic E-state index is 10.4. The standard InChI is InChI=1S/C9H13NO3S/c1-6-2-3-7(13-6)4-14-5-8(10)9(11)12/h2-3,8H,4-5,10H2,1H3,(H,11,12)/t8-/m1/s1. The molecule has 0 saturated heterocycles. The lowest BCUT2D eigenvalue weighted by Gasteiger charge is -2.03. The van der Waals surface area contributed by atoms with Gasteiger partial charge in [-0.2, -0.15) is 11.8 Å². The summed E-state index contributed by atoms with van der Waals surface area (Å²) in [5.41, 5.74) is 5.33. The van der Waals surface area contributed by atoms with Crippen molar-refractivity contribution in [1.29, 1.82) is 0 Å². The van der Waals surface area contributed by atoms with E-state index in [0.717, 1.165) is 11.5 Å². The lowest BCUT2D eigenvalue weighted by Crippen LogP contribution is -2.32. The molecule has 1 heterocycles. The van der Waals surface area contributed by atoms with Gasteiger partial charge in [-0.1, -0.05) is 0 Å². The zero-order chi connectivity index (χ0) is 10.6. The Kier molecular flexibility index (Phi) is 4.03. The van der Waals surface area contributed by atoms with Crippen LogP contribution in [-0.4, -0.2) is 22.9 Å². The van der Waals surface area contributed by atoms with E-state index in [0.29, 0.717) is 11.5 Å². The van der Waals surface area contributed by atoms with Crippen molar-refractivity contribution in [3.05, 3.63) is 23.7 Å². The second-order valence-corrected chi connectivity index (χ2v) is 4.00. The van der Waals surface area contributed by atoms with Crippen LogP contribution in [0.3, 0.4) is 0 Å². The number of furan rings is 1. The third-order valence-electron chi connectivity index (χ3n) is 1.65. The second-order valence-electron chi connectivity index (χ2n) is 2.97. The Hall–Kier alpha value is -0.940. The second kappa shape index (κ2) is 5.07. The van der Waals surface area contributed by atoms with Gasteiger partial charge in [0.1, 0.15) is 17.6 Å². The zero-order valence-corrected chi connectivity index (χ0v) is 8.71. The van der Waals surface area contributed by atoms with Gasteiger partial charge in [0.2, 0.25) is 0 Å². The summed E-state index contributed by atoms with van der Waals surface area (Å²) >= 11 is 1.46. The van der Waals surface area contributed by atoms with Gasteiger partial charge in [0.05, 0.1) is 5.75 Å². The van der Waals surface area contributed by atoms with Gasteiger partial charge in [-0.15, -0.1) is 0 Å². The Bertz CT molecular complexity index is 311. The Balaban J connectivity index is 2.25. The molecule has 0 saturated carbocycles. The predicted octanol–water partition coefficient (Wildman–Crippen LogP) is 1.23. The van der Waals surface area contributed by atoms with E-state index >= 15 is 0 Å². The molecule has 0 aliphatic carbocycles. The number of rotatable bonds is 5. The minimum atomic E-state index is -0.965. The highest BCUT2D eigenvalue weighted by Gasteiger charge is 2.11. The van der Waals surface area contributed by atoms with Crippen LogP contribution in [0.4, 0.5) is 0 Å². The summed E-state index contributed by atoms with van der Waals surface area (Å²) in [6.07, 6.45) is 0. The molecule has 0 aromatic carbocycles. The Labute approximate surface area is 86.5 Å². The largest absolute Gasteiger partial charge is 0.480 e. The number of aryl methyl sites for hydroxylation is 1.